The zero-order valence-electron chi connectivity index (χ0n) is 14.7. The van der Waals surface area contributed by atoms with Crippen LogP contribution in [0.3, 0.4) is 0 Å². The Morgan fingerprint density at radius 1 is 1.29 bits per heavy atom. The molecule has 1 aromatic carbocycles. The molecular weight excluding hydrogens is 310 g/mol. The number of benzene rings is 1. The molecule has 0 N–H and O–H groups in total. The smallest absolute Gasteiger partial charge is 0.350 e. The van der Waals surface area contributed by atoms with Gasteiger partial charge in [-0.3, -0.25) is 9.69 Å². The van der Waals surface area contributed by atoms with E-state index in [-0.39, 0.29) is 18.6 Å². The van der Waals surface area contributed by atoms with E-state index < -0.39 is 17.6 Å². The summed E-state index contributed by atoms with van der Waals surface area (Å²) in [6, 6.07) is 9.67. The quantitative estimate of drug-likeness (QED) is 0.742. The molecule has 1 saturated heterocycles. The van der Waals surface area contributed by atoms with Crippen molar-refractivity contribution in [1.29, 1.82) is 0 Å². The minimum atomic E-state index is -0.820. The molecule has 1 aliphatic heterocycles. The van der Waals surface area contributed by atoms with Gasteiger partial charge in [0.15, 0.2) is 0 Å². The maximum atomic E-state index is 12.3. The van der Waals surface area contributed by atoms with E-state index in [9.17, 15) is 9.59 Å². The predicted octanol–water partition coefficient (Wildman–Crippen LogP) is 2.15. The minimum Gasteiger partial charge on any atom is -0.469 e. The van der Waals surface area contributed by atoms with E-state index in [2.05, 4.69) is 0 Å². The Kier molecular flexibility index (Phi) is 5.96. The highest BCUT2D eigenvalue weighted by Crippen LogP contribution is 2.34. The molecule has 0 aromatic heterocycles. The monoisotopic (exact) mass is 335 g/mol. The first kappa shape index (κ1) is 18.4. The number of carbonyl (C=O) groups is 2. The normalized spacial score (nSPS) is 21.5. The Balaban J connectivity index is 2.28. The van der Waals surface area contributed by atoms with E-state index in [0.717, 1.165) is 5.56 Å². The van der Waals surface area contributed by atoms with Gasteiger partial charge in [0, 0.05) is 6.54 Å². The van der Waals surface area contributed by atoms with Crippen LogP contribution in [0.4, 0.5) is 0 Å². The molecule has 6 heteroatoms. The first-order valence-electron chi connectivity index (χ1n) is 8.08. The molecule has 1 fully saturated rings. The molecular formula is C18H25NO5. The van der Waals surface area contributed by atoms with Crippen molar-refractivity contribution in [1.82, 2.24) is 4.90 Å². The second-order valence-electron chi connectivity index (χ2n) is 6.41. The van der Waals surface area contributed by atoms with Crippen LogP contribution in [-0.2, 0) is 23.8 Å². The first-order valence-corrected chi connectivity index (χ1v) is 8.08. The first-order chi connectivity index (χ1) is 11.4. The van der Waals surface area contributed by atoms with E-state index in [0.29, 0.717) is 13.2 Å². The zero-order valence-corrected chi connectivity index (χ0v) is 14.7. The Labute approximate surface area is 142 Å². The van der Waals surface area contributed by atoms with Crippen molar-refractivity contribution in [3.63, 3.8) is 0 Å². The van der Waals surface area contributed by atoms with Crippen LogP contribution >= 0.6 is 0 Å². The maximum absolute atomic E-state index is 12.3. The number of carbonyl (C=O) groups excluding carboxylic acids is 2. The van der Waals surface area contributed by atoms with E-state index in [4.69, 9.17) is 14.2 Å². The second-order valence-corrected chi connectivity index (χ2v) is 6.41. The minimum absolute atomic E-state index is 0.121. The van der Waals surface area contributed by atoms with Crippen molar-refractivity contribution in [3.8, 4) is 0 Å². The van der Waals surface area contributed by atoms with Crippen LogP contribution in [-0.4, -0.2) is 49.9 Å². The van der Waals surface area contributed by atoms with Gasteiger partial charge < -0.3 is 14.2 Å². The topological polar surface area (TPSA) is 65.1 Å². The molecule has 132 valence electrons. The predicted molar refractivity (Wildman–Crippen MR) is 88.1 cm³/mol. The summed E-state index contributed by atoms with van der Waals surface area (Å²) in [4.78, 5) is 26.2. The Hall–Kier alpha value is -1.92. The van der Waals surface area contributed by atoms with Crippen LogP contribution in [0.2, 0.25) is 0 Å². The molecule has 0 bridgehead atoms. The Morgan fingerprint density at radius 2 is 1.96 bits per heavy atom. The lowest BCUT2D eigenvalue weighted by Crippen LogP contribution is -2.46. The standard InChI is InChI=1S/C18H25NO5/c1-5-23-16(20)15-19(12-18(2,3)17(21)22-4)14(11-24-15)13-9-7-6-8-10-13/h6-10,14-15H,5,11-12H2,1-4H3/t14-,15+/m1/s1. The van der Waals surface area contributed by atoms with Crippen molar-refractivity contribution >= 4 is 11.9 Å². The fourth-order valence-electron chi connectivity index (χ4n) is 2.91. The lowest BCUT2D eigenvalue weighted by atomic mass is 9.91. The summed E-state index contributed by atoms with van der Waals surface area (Å²) in [7, 11) is 1.36. The van der Waals surface area contributed by atoms with Gasteiger partial charge in [0.05, 0.1) is 31.8 Å². The number of hydrogen-bond acceptors (Lipinski definition) is 6. The highest BCUT2D eigenvalue weighted by molar-refractivity contribution is 5.77. The summed E-state index contributed by atoms with van der Waals surface area (Å²) in [6.07, 6.45) is -0.820. The molecule has 2 atom stereocenters. The van der Waals surface area contributed by atoms with Crippen LogP contribution in [0, 0.1) is 5.41 Å². The molecule has 2 rings (SSSR count). The molecule has 0 spiro atoms. The van der Waals surface area contributed by atoms with Gasteiger partial charge in [0.25, 0.3) is 0 Å². The number of ether oxygens (including phenoxy) is 3. The molecule has 0 unspecified atom stereocenters. The number of hydrogen-bond donors (Lipinski definition) is 0. The highest BCUT2D eigenvalue weighted by atomic mass is 16.6. The van der Waals surface area contributed by atoms with Gasteiger partial charge in [0.2, 0.25) is 6.23 Å². The molecule has 0 radical (unpaired) electrons. The SMILES string of the molecule is CCOC(=O)[C@@H]1OC[C@H](c2ccccc2)N1CC(C)(C)C(=O)OC. The summed E-state index contributed by atoms with van der Waals surface area (Å²) < 4.78 is 15.7. The van der Waals surface area contributed by atoms with Crippen molar-refractivity contribution in [2.75, 3.05) is 26.9 Å². The van der Waals surface area contributed by atoms with Gasteiger partial charge in [-0.05, 0) is 26.3 Å². The van der Waals surface area contributed by atoms with Gasteiger partial charge in [-0.2, -0.15) is 0 Å². The van der Waals surface area contributed by atoms with Crippen LogP contribution < -0.4 is 0 Å². The van der Waals surface area contributed by atoms with Gasteiger partial charge in [-0.1, -0.05) is 30.3 Å². The van der Waals surface area contributed by atoms with Crippen molar-refractivity contribution in [2.24, 2.45) is 5.41 Å². The number of methoxy groups -OCH3 is 1. The van der Waals surface area contributed by atoms with Crippen LogP contribution in [0.5, 0.6) is 0 Å². The summed E-state index contributed by atoms with van der Waals surface area (Å²) in [5.41, 5.74) is 0.255. The third kappa shape index (κ3) is 3.94. The van der Waals surface area contributed by atoms with Crippen molar-refractivity contribution in [2.45, 2.75) is 33.0 Å². The summed E-state index contributed by atoms with van der Waals surface area (Å²) in [5, 5.41) is 0. The molecule has 6 nitrogen and oxygen atoms in total. The number of nitrogens with zero attached hydrogens (tertiary/aromatic N) is 1. The molecule has 24 heavy (non-hydrogen) atoms. The average Bonchev–Trinajstić information content (AvgIpc) is 2.98. The second kappa shape index (κ2) is 7.77. The van der Waals surface area contributed by atoms with Crippen molar-refractivity contribution in [3.05, 3.63) is 35.9 Å². The molecule has 1 heterocycles. The molecule has 0 amide bonds. The fraction of sp³-hybridized carbons (Fsp3) is 0.556. The lowest BCUT2D eigenvalue weighted by Gasteiger charge is -2.33. The van der Waals surface area contributed by atoms with Crippen molar-refractivity contribution < 1.29 is 23.8 Å². The van der Waals surface area contributed by atoms with Gasteiger partial charge in [0.1, 0.15) is 0 Å². The number of esters is 2. The largest absolute Gasteiger partial charge is 0.469 e. The molecule has 0 aliphatic carbocycles. The summed E-state index contributed by atoms with van der Waals surface area (Å²) >= 11 is 0. The molecule has 1 aromatic rings. The van der Waals surface area contributed by atoms with E-state index in [1.54, 1.807) is 20.8 Å². The van der Waals surface area contributed by atoms with Gasteiger partial charge >= 0.3 is 11.9 Å². The lowest BCUT2D eigenvalue weighted by molar-refractivity contribution is -0.165. The van der Waals surface area contributed by atoms with Crippen LogP contribution in [0.1, 0.15) is 32.4 Å². The summed E-state index contributed by atoms with van der Waals surface area (Å²) in [5.74, 6) is -0.764. The average molecular weight is 335 g/mol. The van der Waals surface area contributed by atoms with Gasteiger partial charge in [-0.25, -0.2) is 4.79 Å². The molecule has 0 saturated carbocycles. The zero-order chi connectivity index (χ0) is 17.7. The van der Waals surface area contributed by atoms with Crippen LogP contribution in [0.15, 0.2) is 30.3 Å². The van der Waals surface area contributed by atoms with E-state index in [1.807, 2.05) is 35.2 Å². The molecule has 1 aliphatic rings. The van der Waals surface area contributed by atoms with E-state index in [1.165, 1.54) is 7.11 Å². The Morgan fingerprint density at radius 3 is 2.54 bits per heavy atom. The Bertz CT molecular complexity index is 572. The third-order valence-corrected chi connectivity index (χ3v) is 4.10. The number of rotatable bonds is 6. The summed E-state index contributed by atoms with van der Waals surface area (Å²) in [6.45, 7) is 6.31. The maximum Gasteiger partial charge on any atom is 0.350 e. The highest BCUT2D eigenvalue weighted by Gasteiger charge is 2.45. The third-order valence-electron chi connectivity index (χ3n) is 4.10. The van der Waals surface area contributed by atoms with Gasteiger partial charge in [-0.15, -0.1) is 0 Å². The van der Waals surface area contributed by atoms with Crippen LogP contribution in [0.25, 0.3) is 0 Å². The fourth-order valence-corrected chi connectivity index (χ4v) is 2.91. The van der Waals surface area contributed by atoms with E-state index >= 15 is 0 Å².